The van der Waals surface area contributed by atoms with Crippen molar-refractivity contribution in [1.82, 2.24) is 9.97 Å². The van der Waals surface area contributed by atoms with Crippen LogP contribution in [-0.4, -0.2) is 9.97 Å². The lowest BCUT2D eigenvalue weighted by atomic mass is 10.2. The van der Waals surface area contributed by atoms with Crippen molar-refractivity contribution in [2.45, 2.75) is 9.79 Å². The number of nitrogens with one attached hydrogen (secondary N) is 2. The van der Waals surface area contributed by atoms with Crippen molar-refractivity contribution in [2.24, 2.45) is 0 Å². The van der Waals surface area contributed by atoms with Gasteiger partial charge in [0.1, 0.15) is 11.6 Å². The van der Waals surface area contributed by atoms with Gasteiger partial charge in [-0.15, -0.1) is 0 Å². The summed E-state index contributed by atoms with van der Waals surface area (Å²) in [5.41, 5.74) is 1.50. The van der Waals surface area contributed by atoms with E-state index in [1.165, 1.54) is 12.1 Å². The van der Waals surface area contributed by atoms with E-state index in [-0.39, 0.29) is 11.6 Å². The highest BCUT2D eigenvalue weighted by molar-refractivity contribution is 9.10. The molecule has 0 aliphatic carbocycles. The Hall–Kier alpha value is -0.960. The van der Waals surface area contributed by atoms with Crippen LogP contribution in [-0.2, 0) is 0 Å². The lowest BCUT2D eigenvalue weighted by molar-refractivity contribution is 0.622. The first-order valence-electron chi connectivity index (χ1n) is 6.79. The van der Waals surface area contributed by atoms with Gasteiger partial charge in [-0.25, -0.2) is 8.78 Å². The number of hydrogen-bond acceptors (Lipinski definition) is 2. The molecule has 122 valence electrons. The predicted molar refractivity (Wildman–Crippen MR) is 104 cm³/mol. The summed E-state index contributed by atoms with van der Waals surface area (Å²) in [7, 11) is 3.13. The van der Waals surface area contributed by atoms with Crippen molar-refractivity contribution in [3.63, 3.8) is 0 Å². The maximum absolute atomic E-state index is 13.6. The quantitative estimate of drug-likeness (QED) is 0.297. The fraction of sp³-hybridized carbons (Fsp3) is 0. The van der Waals surface area contributed by atoms with Crippen LogP contribution < -0.4 is 0 Å². The first-order chi connectivity index (χ1) is 11.5. The summed E-state index contributed by atoms with van der Waals surface area (Å²) in [5, 5.41) is 1.90. The molecule has 0 atom stereocenters. The van der Waals surface area contributed by atoms with Crippen molar-refractivity contribution in [2.75, 3.05) is 0 Å². The van der Waals surface area contributed by atoms with Crippen molar-refractivity contribution < 1.29 is 8.78 Å². The highest BCUT2D eigenvalue weighted by atomic mass is 79.9. The summed E-state index contributed by atoms with van der Waals surface area (Å²) in [6.07, 6.45) is 3.72. The molecule has 2 aromatic carbocycles. The Kier molecular flexibility index (Phi) is 4.40. The normalized spacial score (nSPS) is 11.7. The molecular weight excluding hydrogens is 482 g/mol. The molecule has 24 heavy (non-hydrogen) atoms. The van der Waals surface area contributed by atoms with E-state index in [1.807, 2.05) is 12.4 Å². The van der Waals surface area contributed by atoms with Crippen molar-refractivity contribution in [3.05, 3.63) is 57.2 Å². The van der Waals surface area contributed by atoms with Gasteiger partial charge in [0.05, 0.1) is 8.95 Å². The van der Waals surface area contributed by atoms with Crippen LogP contribution in [0.3, 0.4) is 0 Å². The van der Waals surface area contributed by atoms with Crippen LogP contribution in [0.2, 0.25) is 0 Å². The second kappa shape index (κ2) is 6.40. The minimum Gasteiger partial charge on any atom is -0.360 e. The Balaban J connectivity index is 1.66. The predicted octanol–water partition coefficient (Wildman–Crippen LogP) is 7.25. The SMILES string of the molecule is Fc1cc2[nH]cc(SSc3c[nH]c4cc(F)c(Br)cc34)c2cc1Br. The second-order valence-electron chi connectivity index (χ2n) is 5.10. The van der Waals surface area contributed by atoms with Crippen molar-refractivity contribution >= 4 is 75.3 Å². The van der Waals surface area contributed by atoms with E-state index in [0.29, 0.717) is 8.95 Å². The van der Waals surface area contributed by atoms with Gasteiger partial charge < -0.3 is 9.97 Å². The molecule has 2 aromatic heterocycles. The average Bonchev–Trinajstić information content (AvgIpc) is 3.11. The Morgan fingerprint density at radius 2 is 1.12 bits per heavy atom. The molecule has 0 saturated heterocycles. The first kappa shape index (κ1) is 16.5. The van der Waals surface area contributed by atoms with Gasteiger partial charge in [-0.05, 0) is 56.1 Å². The molecule has 0 bridgehead atoms. The molecular formula is C16H8Br2F2N2S2. The third-order valence-corrected chi connectivity index (χ3v) is 7.25. The second-order valence-corrected chi connectivity index (χ2v) is 9.02. The van der Waals surface area contributed by atoms with Gasteiger partial charge in [-0.2, -0.15) is 0 Å². The van der Waals surface area contributed by atoms with Gasteiger partial charge >= 0.3 is 0 Å². The maximum Gasteiger partial charge on any atom is 0.139 e. The van der Waals surface area contributed by atoms with Crippen molar-refractivity contribution in [1.29, 1.82) is 0 Å². The maximum atomic E-state index is 13.6. The number of aromatic amines is 2. The molecule has 2 N–H and O–H groups in total. The molecule has 0 radical (unpaired) electrons. The molecule has 4 aromatic rings. The Bertz CT molecular complexity index is 989. The lowest BCUT2D eigenvalue weighted by Gasteiger charge is -2.01. The van der Waals surface area contributed by atoms with Crippen LogP contribution in [0.15, 0.2) is 55.4 Å². The van der Waals surface area contributed by atoms with Gasteiger partial charge in [-0.1, -0.05) is 21.6 Å². The van der Waals surface area contributed by atoms with Crippen LogP contribution >= 0.6 is 53.4 Å². The van der Waals surface area contributed by atoms with E-state index in [9.17, 15) is 8.78 Å². The Morgan fingerprint density at radius 3 is 1.54 bits per heavy atom. The van der Waals surface area contributed by atoms with Crippen LogP contribution in [0.25, 0.3) is 21.8 Å². The van der Waals surface area contributed by atoms with Crippen LogP contribution in [0.1, 0.15) is 0 Å². The minimum absolute atomic E-state index is 0.294. The van der Waals surface area contributed by atoms with E-state index < -0.39 is 0 Å². The topological polar surface area (TPSA) is 31.6 Å². The van der Waals surface area contributed by atoms with Crippen LogP contribution in [0, 0.1) is 11.6 Å². The molecule has 0 saturated carbocycles. The standard InChI is InChI=1S/C16H8Br2F2N2S2/c17-9-1-7-13(3-11(9)19)21-5-15(7)23-24-16-6-22-14-4-12(20)10(18)2-8(14)16/h1-6,21-22H. The molecule has 0 unspecified atom stereocenters. The number of H-pyrrole nitrogens is 2. The van der Waals surface area contributed by atoms with Crippen molar-refractivity contribution in [3.8, 4) is 0 Å². The summed E-state index contributed by atoms with van der Waals surface area (Å²) >= 11 is 6.44. The highest BCUT2D eigenvalue weighted by Gasteiger charge is 2.12. The van der Waals surface area contributed by atoms with Gasteiger partial charge in [-0.3, -0.25) is 0 Å². The number of hydrogen-bond donors (Lipinski definition) is 2. The lowest BCUT2D eigenvalue weighted by Crippen LogP contribution is -1.78. The number of rotatable bonds is 3. The highest BCUT2D eigenvalue weighted by Crippen LogP contribution is 2.44. The molecule has 4 rings (SSSR count). The molecule has 0 amide bonds. The molecule has 2 nitrogen and oxygen atoms in total. The summed E-state index contributed by atoms with van der Waals surface area (Å²) < 4.78 is 28.1. The van der Waals surface area contributed by atoms with Gasteiger partial charge in [0, 0.05) is 44.0 Å². The third kappa shape index (κ3) is 2.89. The fourth-order valence-corrected chi connectivity index (χ4v) is 5.37. The molecule has 0 aliphatic heterocycles. The summed E-state index contributed by atoms with van der Waals surface area (Å²) in [6, 6.07) is 6.48. The van der Waals surface area contributed by atoms with E-state index in [0.717, 1.165) is 31.6 Å². The van der Waals surface area contributed by atoms with Gasteiger partial charge in [0.25, 0.3) is 0 Å². The molecule has 0 aliphatic rings. The van der Waals surface area contributed by atoms with Crippen LogP contribution in [0.5, 0.6) is 0 Å². The van der Waals surface area contributed by atoms with E-state index in [2.05, 4.69) is 41.8 Å². The molecule has 2 heterocycles. The first-order valence-corrected chi connectivity index (χ1v) is 10.5. The molecule has 0 fully saturated rings. The Labute approximate surface area is 160 Å². The van der Waals surface area contributed by atoms with Gasteiger partial charge in [0.2, 0.25) is 0 Å². The summed E-state index contributed by atoms with van der Waals surface area (Å²) in [4.78, 5) is 8.17. The minimum atomic E-state index is -0.294. The Morgan fingerprint density at radius 1 is 0.708 bits per heavy atom. The fourth-order valence-electron chi connectivity index (χ4n) is 2.41. The van der Waals surface area contributed by atoms with E-state index >= 15 is 0 Å². The zero-order valence-electron chi connectivity index (χ0n) is 11.8. The number of aromatic nitrogens is 2. The number of benzene rings is 2. The number of fused-ring (bicyclic) bond motifs is 2. The van der Waals surface area contributed by atoms with E-state index in [4.69, 9.17) is 0 Å². The van der Waals surface area contributed by atoms with Gasteiger partial charge in [0.15, 0.2) is 0 Å². The molecule has 8 heteroatoms. The summed E-state index contributed by atoms with van der Waals surface area (Å²) in [6.45, 7) is 0. The smallest absolute Gasteiger partial charge is 0.139 e. The summed E-state index contributed by atoms with van der Waals surface area (Å²) in [5.74, 6) is -0.589. The number of halogens is 4. The monoisotopic (exact) mass is 488 g/mol. The van der Waals surface area contributed by atoms with E-state index in [1.54, 1.807) is 33.7 Å². The molecule has 0 spiro atoms. The average molecular weight is 490 g/mol. The third-order valence-electron chi connectivity index (χ3n) is 3.59. The zero-order valence-corrected chi connectivity index (χ0v) is 16.6. The largest absolute Gasteiger partial charge is 0.360 e. The zero-order chi connectivity index (χ0) is 16.8. The van der Waals surface area contributed by atoms with Crippen LogP contribution in [0.4, 0.5) is 8.78 Å².